The van der Waals surface area contributed by atoms with Gasteiger partial charge in [-0.2, -0.15) is 0 Å². The first kappa shape index (κ1) is 17.0. The first-order valence-electron chi connectivity index (χ1n) is 8.43. The quantitative estimate of drug-likeness (QED) is 0.728. The molecule has 2 aromatic carbocycles. The van der Waals surface area contributed by atoms with E-state index in [9.17, 15) is 4.79 Å². The third-order valence-electron chi connectivity index (χ3n) is 4.02. The van der Waals surface area contributed by atoms with E-state index in [-0.39, 0.29) is 5.91 Å². The molecule has 0 spiro atoms. The molecular formula is C21H23N2O2+. The number of anilines is 1. The van der Waals surface area contributed by atoms with Gasteiger partial charge in [-0.1, -0.05) is 48.5 Å². The molecule has 128 valence electrons. The molecule has 0 saturated carbocycles. The highest BCUT2D eigenvalue weighted by atomic mass is 16.3. The summed E-state index contributed by atoms with van der Waals surface area (Å²) in [5, 5.41) is 3.04. The van der Waals surface area contributed by atoms with Crippen molar-refractivity contribution >= 4 is 11.6 Å². The van der Waals surface area contributed by atoms with Gasteiger partial charge in [0, 0.05) is 11.3 Å². The third-order valence-corrected chi connectivity index (χ3v) is 4.02. The average molecular weight is 335 g/mol. The Hall–Kier alpha value is -2.85. The van der Waals surface area contributed by atoms with Crippen LogP contribution in [0.15, 0.2) is 71.1 Å². The number of hydrogen-bond donors (Lipinski definition) is 2. The van der Waals surface area contributed by atoms with E-state index in [4.69, 9.17) is 4.42 Å². The molecule has 1 atom stereocenters. The van der Waals surface area contributed by atoms with Gasteiger partial charge < -0.3 is 14.6 Å². The highest BCUT2D eigenvalue weighted by Gasteiger charge is 2.14. The zero-order chi connectivity index (χ0) is 17.6. The lowest BCUT2D eigenvalue weighted by Gasteiger charge is -2.14. The SMILES string of the molecule is Cc1ccc(C[NH+](C)CC(=O)Nc2ccccc2-c2ccccc2)o1. The molecule has 0 fully saturated rings. The normalized spacial score (nSPS) is 11.9. The number of carbonyl (C=O) groups is 1. The highest BCUT2D eigenvalue weighted by Crippen LogP contribution is 2.27. The van der Waals surface area contributed by atoms with Crippen LogP contribution < -0.4 is 10.2 Å². The first-order valence-corrected chi connectivity index (χ1v) is 8.43. The van der Waals surface area contributed by atoms with Gasteiger partial charge in [0.1, 0.15) is 12.3 Å². The molecule has 25 heavy (non-hydrogen) atoms. The summed E-state index contributed by atoms with van der Waals surface area (Å²) >= 11 is 0. The number of furan rings is 1. The van der Waals surface area contributed by atoms with E-state index in [0.29, 0.717) is 13.1 Å². The summed E-state index contributed by atoms with van der Waals surface area (Å²) in [4.78, 5) is 13.5. The lowest BCUT2D eigenvalue weighted by molar-refractivity contribution is -0.886. The van der Waals surface area contributed by atoms with Crippen LogP contribution in [0, 0.1) is 6.92 Å². The van der Waals surface area contributed by atoms with Crippen LogP contribution in [-0.4, -0.2) is 19.5 Å². The van der Waals surface area contributed by atoms with Crippen LogP contribution in [-0.2, 0) is 11.3 Å². The van der Waals surface area contributed by atoms with Gasteiger partial charge in [-0.25, -0.2) is 0 Å². The number of quaternary nitrogens is 1. The Balaban J connectivity index is 1.65. The van der Waals surface area contributed by atoms with Crippen molar-refractivity contribution in [2.45, 2.75) is 13.5 Å². The molecule has 4 nitrogen and oxygen atoms in total. The minimum Gasteiger partial charge on any atom is -0.460 e. The van der Waals surface area contributed by atoms with Crippen LogP contribution in [0.4, 0.5) is 5.69 Å². The minimum atomic E-state index is -0.0100. The summed E-state index contributed by atoms with van der Waals surface area (Å²) in [6, 6.07) is 21.8. The largest absolute Gasteiger partial charge is 0.460 e. The number of likely N-dealkylation sites (N-methyl/N-ethyl adjacent to an activating group) is 1. The molecule has 3 rings (SSSR count). The van der Waals surface area contributed by atoms with Gasteiger partial charge in [-0.15, -0.1) is 0 Å². The lowest BCUT2D eigenvalue weighted by atomic mass is 10.0. The number of aryl methyl sites for hydroxylation is 1. The predicted octanol–water partition coefficient (Wildman–Crippen LogP) is 2.91. The second kappa shape index (κ2) is 7.81. The monoisotopic (exact) mass is 335 g/mol. The Labute approximate surface area is 148 Å². The van der Waals surface area contributed by atoms with Crippen molar-refractivity contribution in [3.63, 3.8) is 0 Å². The van der Waals surface area contributed by atoms with Crippen LogP contribution in [0.5, 0.6) is 0 Å². The van der Waals surface area contributed by atoms with Gasteiger partial charge in [-0.3, -0.25) is 4.79 Å². The van der Waals surface area contributed by atoms with Crippen molar-refractivity contribution in [1.29, 1.82) is 0 Å². The van der Waals surface area contributed by atoms with E-state index >= 15 is 0 Å². The van der Waals surface area contributed by atoms with Crippen molar-refractivity contribution < 1.29 is 14.1 Å². The number of nitrogens with one attached hydrogen (secondary N) is 2. The van der Waals surface area contributed by atoms with E-state index in [1.54, 1.807) is 0 Å². The fourth-order valence-electron chi connectivity index (χ4n) is 2.87. The molecule has 0 radical (unpaired) electrons. The summed E-state index contributed by atoms with van der Waals surface area (Å²) in [5.74, 6) is 1.78. The molecule has 0 aliphatic carbocycles. The average Bonchev–Trinajstić information content (AvgIpc) is 3.00. The Morgan fingerprint density at radius 3 is 2.44 bits per heavy atom. The van der Waals surface area contributed by atoms with Crippen LogP contribution in [0.2, 0.25) is 0 Å². The zero-order valence-corrected chi connectivity index (χ0v) is 14.6. The fraction of sp³-hybridized carbons (Fsp3) is 0.190. The lowest BCUT2D eigenvalue weighted by Crippen LogP contribution is -3.08. The van der Waals surface area contributed by atoms with Gasteiger partial charge in [-0.05, 0) is 30.7 Å². The second-order valence-electron chi connectivity index (χ2n) is 6.28. The molecule has 2 N–H and O–H groups in total. The van der Waals surface area contributed by atoms with Gasteiger partial charge in [0.2, 0.25) is 0 Å². The summed E-state index contributed by atoms with van der Waals surface area (Å²) in [5.41, 5.74) is 2.95. The smallest absolute Gasteiger partial charge is 0.279 e. The van der Waals surface area contributed by atoms with Crippen molar-refractivity contribution in [3.05, 3.63) is 78.3 Å². The summed E-state index contributed by atoms with van der Waals surface area (Å²) in [7, 11) is 1.99. The zero-order valence-electron chi connectivity index (χ0n) is 14.6. The standard InChI is InChI=1S/C21H22N2O2/c1-16-12-13-18(25-16)14-23(2)15-21(24)22-20-11-7-6-10-19(20)17-8-4-3-5-9-17/h3-13H,14-15H2,1-2H3,(H,22,24)/p+1. The van der Waals surface area contributed by atoms with Crippen molar-refractivity contribution in [2.75, 3.05) is 18.9 Å². The van der Waals surface area contributed by atoms with E-state index < -0.39 is 0 Å². The van der Waals surface area contributed by atoms with Gasteiger partial charge >= 0.3 is 0 Å². The number of para-hydroxylation sites is 1. The Bertz CT molecular complexity index is 840. The van der Waals surface area contributed by atoms with Gasteiger partial charge in [0.25, 0.3) is 5.91 Å². The Morgan fingerprint density at radius 2 is 1.72 bits per heavy atom. The molecule has 0 saturated heterocycles. The molecular weight excluding hydrogens is 312 g/mol. The van der Waals surface area contributed by atoms with Crippen LogP contribution >= 0.6 is 0 Å². The molecule has 1 heterocycles. The molecule has 3 aromatic rings. The van der Waals surface area contributed by atoms with Gasteiger partial charge in [0.15, 0.2) is 12.3 Å². The number of carbonyl (C=O) groups excluding carboxylic acids is 1. The molecule has 0 aliphatic rings. The number of amides is 1. The maximum atomic E-state index is 12.4. The molecule has 1 unspecified atom stereocenters. The van der Waals surface area contributed by atoms with Crippen LogP contribution in [0.25, 0.3) is 11.1 Å². The molecule has 4 heteroatoms. The van der Waals surface area contributed by atoms with E-state index in [1.807, 2.05) is 80.7 Å². The summed E-state index contributed by atoms with van der Waals surface area (Å²) in [6.07, 6.45) is 0. The third kappa shape index (κ3) is 4.58. The van der Waals surface area contributed by atoms with E-state index in [2.05, 4.69) is 5.32 Å². The van der Waals surface area contributed by atoms with Gasteiger partial charge in [0.05, 0.1) is 7.05 Å². The van der Waals surface area contributed by atoms with Crippen molar-refractivity contribution in [3.8, 4) is 11.1 Å². The maximum absolute atomic E-state index is 12.4. The Kier molecular flexibility index (Phi) is 5.31. The number of hydrogen-bond acceptors (Lipinski definition) is 2. The summed E-state index contributed by atoms with van der Waals surface area (Å²) in [6.45, 7) is 2.98. The van der Waals surface area contributed by atoms with Crippen LogP contribution in [0.3, 0.4) is 0 Å². The number of rotatable bonds is 6. The first-order chi connectivity index (χ1) is 12.1. The highest BCUT2D eigenvalue weighted by molar-refractivity contribution is 5.96. The molecule has 0 aliphatic heterocycles. The minimum absolute atomic E-state index is 0.0100. The van der Waals surface area contributed by atoms with E-state index in [0.717, 1.165) is 33.2 Å². The molecule has 1 amide bonds. The topological polar surface area (TPSA) is 46.7 Å². The molecule has 0 bridgehead atoms. The fourth-order valence-corrected chi connectivity index (χ4v) is 2.87. The number of benzene rings is 2. The Morgan fingerprint density at radius 1 is 1.00 bits per heavy atom. The second-order valence-corrected chi connectivity index (χ2v) is 6.28. The molecule has 1 aromatic heterocycles. The van der Waals surface area contributed by atoms with E-state index in [1.165, 1.54) is 0 Å². The van der Waals surface area contributed by atoms with Crippen LogP contribution in [0.1, 0.15) is 11.5 Å². The van der Waals surface area contributed by atoms with Crippen molar-refractivity contribution in [2.24, 2.45) is 0 Å². The predicted molar refractivity (Wildman–Crippen MR) is 99.4 cm³/mol. The van der Waals surface area contributed by atoms with Crippen molar-refractivity contribution in [1.82, 2.24) is 0 Å². The maximum Gasteiger partial charge on any atom is 0.279 e. The summed E-state index contributed by atoms with van der Waals surface area (Å²) < 4.78 is 5.58.